The zero-order chi connectivity index (χ0) is 12.8. The molecule has 1 rings (SSSR count). The van der Waals surface area contributed by atoms with Crippen molar-refractivity contribution in [1.82, 2.24) is 4.98 Å². The molecule has 1 aromatic heterocycles. The Kier molecular flexibility index (Phi) is 6.04. The number of carbonyl (C=O) groups excluding carboxylic acids is 1. The van der Waals surface area contributed by atoms with E-state index in [0.717, 1.165) is 11.3 Å². The van der Waals surface area contributed by atoms with Gasteiger partial charge in [0.1, 0.15) is 11.1 Å². The average Bonchev–Trinajstić information content (AvgIpc) is 2.78. The van der Waals surface area contributed by atoms with Crippen LogP contribution in [0.5, 0.6) is 0 Å². The predicted octanol–water partition coefficient (Wildman–Crippen LogP) is 1.50. The number of ether oxygens (including phenoxy) is 1. The third-order valence-electron chi connectivity index (χ3n) is 2.03. The highest BCUT2D eigenvalue weighted by atomic mass is 79.9. The van der Waals surface area contributed by atoms with Crippen LogP contribution in [0.2, 0.25) is 0 Å². The maximum atomic E-state index is 11.3. The van der Waals surface area contributed by atoms with Crippen molar-refractivity contribution < 1.29 is 19.7 Å². The van der Waals surface area contributed by atoms with Gasteiger partial charge in [-0.1, -0.05) is 15.9 Å². The van der Waals surface area contributed by atoms with E-state index in [1.165, 1.54) is 5.38 Å². The normalized spacial score (nSPS) is 14.4. The quantitative estimate of drug-likeness (QED) is 0.612. The molecular formula is C10H14BrNO4S. The summed E-state index contributed by atoms with van der Waals surface area (Å²) < 4.78 is 4.78. The maximum Gasteiger partial charge on any atom is 0.357 e. The molecule has 0 spiro atoms. The largest absolute Gasteiger partial charge is 0.461 e. The SMILES string of the molecule is CCOC(=O)c1csc(C(O)C(O)CCBr)n1. The number of rotatable bonds is 6. The minimum Gasteiger partial charge on any atom is -0.461 e. The maximum absolute atomic E-state index is 11.3. The topological polar surface area (TPSA) is 79.7 Å². The van der Waals surface area contributed by atoms with Crippen LogP contribution in [-0.4, -0.2) is 39.2 Å². The fourth-order valence-electron chi connectivity index (χ4n) is 1.16. The van der Waals surface area contributed by atoms with E-state index < -0.39 is 18.2 Å². The van der Waals surface area contributed by atoms with Crippen LogP contribution in [0.1, 0.15) is 34.9 Å². The summed E-state index contributed by atoms with van der Waals surface area (Å²) in [5.74, 6) is -0.516. The summed E-state index contributed by atoms with van der Waals surface area (Å²) in [6.45, 7) is 1.99. The summed E-state index contributed by atoms with van der Waals surface area (Å²) >= 11 is 4.31. The first kappa shape index (κ1) is 14.6. The van der Waals surface area contributed by atoms with Crippen molar-refractivity contribution in [1.29, 1.82) is 0 Å². The molecule has 0 saturated carbocycles. The lowest BCUT2D eigenvalue weighted by molar-refractivity contribution is 0.0170. The van der Waals surface area contributed by atoms with E-state index in [9.17, 15) is 15.0 Å². The molecule has 1 aromatic rings. The van der Waals surface area contributed by atoms with Crippen molar-refractivity contribution in [3.63, 3.8) is 0 Å². The van der Waals surface area contributed by atoms with Gasteiger partial charge in [0.15, 0.2) is 5.69 Å². The van der Waals surface area contributed by atoms with Gasteiger partial charge >= 0.3 is 5.97 Å². The van der Waals surface area contributed by atoms with E-state index in [-0.39, 0.29) is 12.3 Å². The molecule has 0 amide bonds. The average molecular weight is 324 g/mol. The first-order chi connectivity index (χ1) is 8.10. The molecule has 0 aliphatic carbocycles. The first-order valence-corrected chi connectivity index (χ1v) is 7.14. The molecular weight excluding hydrogens is 310 g/mol. The zero-order valence-electron chi connectivity index (χ0n) is 9.30. The second-order valence-electron chi connectivity index (χ2n) is 3.28. The number of alkyl halides is 1. The van der Waals surface area contributed by atoms with Gasteiger partial charge < -0.3 is 14.9 Å². The molecule has 0 bridgehead atoms. The summed E-state index contributed by atoms with van der Waals surface area (Å²) in [6, 6.07) is 0. The van der Waals surface area contributed by atoms with Gasteiger partial charge in [0.05, 0.1) is 12.7 Å². The lowest BCUT2D eigenvalue weighted by atomic mass is 10.2. The van der Waals surface area contributed by atoms with Gasteiger partial charge in [0.25, 0.3) is 0 Å². The molecule has 0 saturated heterocycles. The molecule has 2 N–H and O–H groups in total. The van der Waals surface area contributed by atoms with Crippen LogP contribution < -0.4 is 0 Å². The molecule has 1 heterocycles. The molecule has 0 fully saturated rings. The standard InChI is InChI=1S/C10H14BrNO4S/c1-2-16-10(15)6-5-17-9(12-6)8(14)7(13)3-4-11/h5,7-8,13-14H,2-4H2,1H3. The summed E-state index contributed by atoms with van der Waals surface area (Å²) in [4.78, 5) is 15.3. The van der Waals surface area contributed by atoms with Crippen LogP contribution in [0.4, 0.5) is 0 Å². The molecule has 7 heteroatoms. The Balaban J connectivity index is 2.70. The van der Waals surface area contributed by atoms with E-state index in [0.29, 0.717) is 16.8 Å². The number of hydrogen-bond donors (Lipinski definition) is 2. The molecule has 0 aliphatic heterocycles. The molecule has 0 aromatic carbocycles. The second-order valence-corrected chi connectivity index (χ2v) is 4.96. The van der Waals surface area contributed by atoms with Gasteiger partial charge in [-0.15, -0.1) is 11.3 Å². The van der Waals surface area contributed by atoms with E-state index in [4.69, 9.17) is 4.74 Å². The monoisotopic (exact) mass is 323 g/mol. The highest BCUT2D eigenvalue weighted by Gasteiger charge is 2.22. The van der Waals surface area contributed by atoms with Gasteiger partial charge in [0, 0.05) is 10.7 Å². The van der Waals surface area contributed by atoms with Crippen LogP contribution >= 0.6 is 27.3 Å². The molecule has 96 valence electrons. The van der Waals surface area contributed by atoms with E-state index in [2.05, 4.69) is 20.9 Å². The number of esters is 1. The number of aliphatic hydroxyl groups is 2. The van der Waals surface area contributed by atoms with Crippen molar-refractivity contribution in [2.45, 2.75) is 25.6 Å². The minimum atomic E-state index is -1.07. The van der Waals surface area contributed by atoms with Gasteiger partial charge in [-0.25, -0.2) is 9.78 Å². The van der Waals surface area contributed by atoms with E-state index >= 15 is 0 Å². The summed E-state index contributed by atoms with van der Waals surface area (Å²) in [7, 11) is 0. The van der Waals surface area contributed by atoms with Crippen LogP contribution in [0.15, 0.2) is 5.38 Å². The molecule has 2 unspecified atom stereocenters. The van der Waals surface area contributed by atoms with Crippen molar-refractivity contribution in [3.8, 4) is 0 Å². The Bertz CT molecular complexity index is 371. The molecule has 17 heavy (non-hydrogen) atoms. The van der Waals surface area contributed by atoms with Gasteiger partial charge in [-0.05, 0) is 13.3 Å². The summed E-state index contributed by atoms with van der Waals surface area (Å²) in [5.41, 5.74) is 0.164. The Hall–Kier alpha value is -0.500. The number of nitrogens with zero attached hydrogens (tertiary/aromatic N) is 1. The number of aliphatic hydroxyl groups excluding tert-OH is 2. The number of aromatic nitrogens is 1. The van der Waals surface area contributed by atoms with Crippen LogP contribution in [0.3, 0.4) is 0 Å². The van der Waals surface area contributed by atoms with E-state index in [1.54, 1.807) is 6.92 Å². The fraction of sp³-hybridized carbons (Fsp3) is 0.600. The Labute approximate surface area is 112 Å². The predicted molar refractivity (Wildman–Crippen MR) is 67.4 cm³/mol. The van der Waals surface area contributed by atoms with Gasteiger partial charge in [0.2, 0.25) is 0 Å². The number of thiazole rings is 1. The van der Waals surface area contributed by atoms with Crippen LogP contribution in [0, 0.1) is 0 Å². The molecule has 0 aliphatic rings. The smallest absolute Gasteiger partial charge is 0.357 e. The summed E-state index contributed by atoms with van der Waals surface area (Å²) in [5, 5.41) is 21.8. The van der Waals surface area contributed by atoms with Crippen LogP contribution in [-0.2, 0) is 4.74 Å². The van der Waals surface area contributed by atoms with Crippen molar-refractivity contribution in [2.75, 3.05) is 11.9 Å². The minimum absolute atomic E-state index is 0.164. The Morgan fingerprint density at radius 3 is 2.94 bits per heavy atom. The number of hydrogen-bond acceptors (Lipinski definition) is 6. The van der Waals surface area contributed by atoms with E-state index in [1.807, 2.05) is 0 Å². The molecule has 2 atom stereocenters. The second kappa shape index (κ2) is 7.05. The third-order valence-corrected chi connectivity index (χ3v) is 3.40. The molecule has 0 radical (unpaired) electrons. The van der Waals surface area contributed by atoms with Gasteiger partial charge in [-0.2, -0.15) is 0 Å². The van der Waals surface area contributed by atoms with Crippen molar-refractivity contribution in [2.24, 2.45) is 0 Å². The Morgan fingerprint density at radius 1 is 1.65 bits per heavy atom. The van der Waals surface area contributed by atoms with Crippen LogP contribution in [0.25, 0.3) is 0 Å². The highest BCUT2D eigenvalue weighted by molar-refractivity contribution is 9.09. The lowest BCUT2D eigenvalue weighted by Crippen LogP contribution is -2.18. The zero-order valence-corrected chi connectivity index (χ0v) is 11.7. The number of halogens is 1. The highest BCUT2D eigenvalue weighted by Crippen LogP contribution is 2.23. The molecule has 5 nitrogen and oxygen atoms in total. The third kappa shape index (κ3) is 4.02. The van der Waals surface area contributed by atoms with Crippen molar-refractivity contribution in [3.05, 3.63) is 16.1 Å². The fourth-order valence-corrected chi connectivity index (χ4v) is 2.45. The Morgan fingerprint density at radius 2 is 2.35 bits per heavy atom. The van der Waals surface area contributed by atoms with Gasteiger partial charge in [-0.3, -0.25) is 0 Å². The first-order valence-electron chi connectivity index (χ1n) is 5.14. The number of carbonyl (C=O) groups is 1. The van der Waals surface area contributed by atoms with Crippen molar-refractivity contribution >= 4 is 33.2 Å². The lowest BCUT2D eigenvalue weighted by Gasteiger charge is -2.13. The summed E-state index contributed by atoms with van der Waals surface area (Å²) in [6.07, 6.45) is -1.55.